The Morgan fingerprint density at radius 2 is 2.05 bits per heavy atom. The van der Waals surface area contributed by atoms with E-state index in [0.717, 1.165) is 17.8 Å². The van der Waals surface area contributed by atoms with Crippen LogP contribution in [0, 0.1) is 11.3 Å². The van der Waals surface area contributed by atoms with Crippen LogP contribution in [0.15, 0.2) is 6.07 Å². The summed E-state index contributed by atoms with van der Waals surface area (Å²) >= 11 is 0. The first-order valence-corrected chi connectivity index (χ1v) is 7.21. The average Bonchev–Trinajstić information content (AvgIpc) is 2.75. The fraction of sp³-hybridized carbons (Fsp3) is 0.667. The largest absolute Gasteiger partial charge is 0.480 e. The SMILES string of the molecule is CCOC(=O)C(Cc1cc(CC)nn1C)(C(=O)O)C(C)C. The van der Waals surface area contributed by atoms with Gasteiger partial charge in [0.15, 0.2) is 5.41 Å². The number of carboxylic acid groups (broad SMARTS) is 1. The smallest absolute Gasteiger partial charge is 0.324 e. The van der Waals surface area contributed by atoms with Crippen molar-refractivity contribution < 1.29 is 19.4 Å². The van der Waals surface area contributed by atoms with Crippen LogP contribution in [0.5, 0.6) is 0 Å². The van der Waals surface area contributed by atoms with Gasteiger partial charge in [-0.2, -0.15) is 5.10 Å². The fourth-order valence-electron chi connectivity index (χ4n) is 2.38. The predicted molar refractivity (Wildman–Crippen MR) is 77.8 cm³/mol. The van der Waals surface area contributed by atoms with Crippen molar-refractivity contribution in [2.45, 2.75) is 40.5 Å². The van der Waals surface area contributed by atoms with E-state index in [1.165, 1.54) is 0 Å². The Bertz CT molecular complexity index is 522. The van der Waals surface area contributed by atoms with Crippen LogP contribution in [-0.4, -0.2) is 33.4 Å². The van der Waals surface area contributed by atoms with Crippen LogP contribution in [0.1, 0.15) is 39.1 Å². The lowest BCUT2D eigenvalue weighted by molar-refractivity contribution is -0.172. The van der Waals surface area contributed by atoms with Crippen LogP contribution in [0.25, 0.3) is 0 Å². The second-order valence-corrected chi connectivity index (χ2v) is 5.43. The number of carboxylic acids is 1. The van der Waals surface area contributed by atoms with Gasteiger partial charge in [-0.3, -0.25) is 14.3 Å². The normalized spacial score (nSPS) is 14.0. The number of rotatable bonds is 7. The molecule has 0 aliphatic heterocycles. The first kappa shape index (κ1) is 17.2. The zero-order valence-corrected chi connectivity index (χ0v) is 13.3. The molecule has 1 rings (SSSR count). The summed E-state index contributed by atoms with van der Waals surface area (Å²) in [5.74, 6) is -2.24. The van der Waals surface area contributed by atoms with Crippen molar-refractivity contribution in [2.75, 3.05) is 6.61 Å². The van der Waals surface area contributed by atoms with Crippen LogP contribution in [0.2, 0.25) is 0 Å². The van der Waals surface area contributed by atoms with Crippen molar-refractivity contribution in [1.29, 1.82) is 0 Å². The van der Waals surface area contributed by atoms with E-state index < -0.39 is 23.3 Å². The van der Waals surface area contributed by atoms with E-state index in [0.29, 0.717) is 0 Å². The van der Waals surface area contributed by atoms with Crippen LogP contribution in [0.4, 0.5) is 0 Å². The molecule has 0 aliphatic rings. The van der Waals surface area contributed by atoms with E-state index >= 15 is 0 Å². The highest BCUT2D eigenvalue weighted by Crippen LogP contribution is 2.34. The Labute approximate surface area is 125 Å². The molecule has 6 nitrogen and oxygen atoms in total. The lowest BCUT2D eigenvalue weighted by atomic mass is 9.73. The number of carbonyl (C=O) groups is 2. The van der Waals surface area contributed by atoms with Crippen molar-refractivity contribution in [2.24, 2.45) is 18.4 Å². The lowest BCUT2D eigenvalue weighted by Crippen LogP contribution is -2.47. The Morgan fingerprint density at radius 1 is 1.43 bits per heavy atom. The molecule has 1 aromatic heterocycles. The monoisotopic (exact) mass is 296 g/mol. The molecule has 0 fully saturated rings. The lowest BCUT2D eigenvalue weighted by Gasteiger charge is -2.30. The highest BCUT2D eigenvalue weighted by molar-refractivity contribution is 5.99. The maximum absolute atomic E-state index is 12.3. The molecule has 0 radical (unpaired) electrons. The molecule has 0 aromatic carbocycles. The van der Waals surface area contributed by atoms with Crippen LogP contribution in [0.3, 0.4) is 0 Å². The van der Waals surface area contributed by atoms with Gasteiger partial charge >= 0.3 is 11.9 Å². The molecule has 1 heterocycles. The number of aryl methyl sites for hydroxylation is 2. The number of aromatic nitrogens is 2. The van der Waals surface area contributed by atoms with Crippen LogP contribution >= 0.6 is 0 Å². The van der Waals surface area contributed by atoms with Crippen LogP contribution < -0.4 is 0 Å². The zero-order chi connectivity index (χ0) is 16.2. The summed E-state index contributed by atoms with van der Waals surface area (Å²) in [6, 6.07) is 1.85. The van der Waals surface area contributed by atoms with Gasteiger partial charge in [0.05, 0.1) is 12.3 Å². The molecule has 1 unspecified atom stereocenters. The van der Waals surface area contributed by atoms with Gasteiger partial charge in [-0.05, 0) is 25.3 Å². The van der Waals surface area contributed by atoms with Gasteiger partial charge in [0.1, 0.15) is 0 Å². The minimum atomic E-state index is -1.59. The van der Waals surface area contributed by atoms with E-state index in [1.807, 2.05) is 13.0 Å². The summed E-state index contributed by atoms with van der Waals surface area (Å²) in [6.45, 7) is 7.25. The number of hydrogen-bond donors (Lipinski definition) is 1. The molecule has 1 N–H and O–H groups in total. The number of hydrogen-bond acceptors (Lipinski definition) is 4. The molecule has 6 heteroatoms. The predicted octanol–water partition coefficient (Wildman–Crippen LogP) is 1.82. The summed E-state index contributed by atoms with van der Waals surface area (Å²) < 4.78 is 6.66. The molecule has 1 aromatic rings. The molecule has 0 amide bonds. The summed E-state index contributed by atoms with van der Waals surface area (Å²) in [5.41, 5.74) is 0.00449. The highest BCUT2D eigenvalue weighted by atomic mass is 16.5. The topological polar surface area (TPSA) is 81.4 Å². The van der Waals surface area contributed by atoms with Gasteiger partial charge in [-0.15, -0.1) is 0 Å². The molecule has 0 saturated carbocycles. The third-order valence-corrected chi connectivity index (χ3v) is 3.86. The maximum Gasteiger partial charge on any atom is 0.324 e. The van der Waals surface area contributed by atoms with E-state index in [4.69, 9.17) is 4.74 Å². The number of esters is 1. The molecule has 0 spiro atoms. The van der Waals surface area contributed by atoms with Gasteiger partial charge in [-0.1, -0.05) is 20.8 Å². The summed E-state index contributed by atoms with van der Waals surface area (Å²) in [6.07, 6.45) is 0.831. The summed E-state index contributed by atoms with van der Waals surface area (Å²) in [5, 5.41) is 14.0. The van der Waals surface area contributed by atoms with Gasteiger partial charge in [-0.25, -0.2) is 0 Å². The standard InChI is InChI=1S/C15H24N2O4/c1-6-11-8-12(17(5)16-11)9-15(10(3)4,13(18)19)14(20)21-7-2/h8,10H,6-7,9H2,1-5H3,(H,18,19). The molecule has 118 valence electrons. The Morgan fingerprint density at radius 3 is 2.43 bits per heavy atom. The van der Waals surface area contributed by atoms with E-state index in [2.05, 4.69) is 5.10 Å². The molecule has 21 heavy (non-hydrogen) atoms. The van der Waals surface area contributed by atoms with Gasteiger partial charge < -0.3 is 9.84 Å². The quantitative estimate of drug-likeness (QED) is 0.613. The van der Waals surface area contributed by atoms with Crippen molar-refractivity contribution >= 4 is 11.9 Å². The third-order valence-electron chi connectivity index (χ3n) is 3.86. The van der Waals surface area contributed by atoms with E-state index in [1.54, 1.807) is 32.5 Å². The Balaban J connectivity index is 3.26. The van der Waals surface area contributed by atoms with Crippen molar-refractivity contribution in [3.8, 4) is 0 Å². The van der Waals surface area contributed by atoms with Gasteiger partial charge in [0.2, 0.25) is 0 Å². The molecular formula is C15H24N2O4. The Kier molecular flexibility index (Phi) is 5.52. The molecule has 0 bridgehead atoms. The molecule has 0 saturated heterocycles. The van der Waals surface area contributed by atoms with Crippen molar-refractivity contribution in [3.63, 3.8) is 0 Å². The Hall–Kier alpha value is -1.85. The average molecular weight is 296 g/mol. The minimum absolute atomic E-state index is 0.0718. The molecule has 1 atom stereocenters. The van der Waals surface area contributed by atoms with E-state index in [-0.39, 0.29) is 13.0 Å². The van der Waals surface area contributed by atoms with Gasteiger partial charge in [0.25, 0.3) is 0 Å². The first-order valence-electron chi connectivity index (χ1n) is 7.21. The second kappa shape index (κ2) is 6.74. The first-order chi connectivity index (χ1) is 9.79. The minimum Gasteiger partial charge on any atom is -0.480 e. The number of ether oxygens (including phenoxy) is 1. The summed E-state index contributed by atoms with van der Waals surface area (Å²) in [7, 11) is 1.76. The maximum atomic E-state index is 12.3. The molecular weight excluding hydrogens is 272 g/mol. The number of nitrogens with zero attached hydrogens (tertiary/aromatic N) is 2. The second-order valence-electron chi connectivity index (χ2n) is 5.43. The van der Waals surface area contributed by atoms with Crippen LogP contribution in [-0.2, 0) is 34.2 Å². The number of carbonyl (C=O) groups excluding carboxylic acids is 1. The van der Waals surface area contributed by atoms with Gasteiger partial charge in [0, 0.05) is 19.2 Å². The summed E-state index contributed by atoms with van der Waals surface area (Å²) in [4.78, 5) is 24.1. The van der Waals surface area contributed by atoms with Crippen molar-refractivity contribution in [3.05, 3.63) is 17.5 Å². The fourth-order valence-corrected chi connectivity index (χ4v) is 2.38. The highest BCUT2D eigenvalue weighted by Gasteiger charge is 2.51. The van der Waals surface area contributed by atoms with Crippen molar-refractivity contribution in [1.82, 2.24) is 9.78 Å². The molecule has 0 aliphatic carbocycles. The number of aliphatic carboxylic acids is 1. The van der Waals surface area contributed by atoms with E-state index in [9.17, 15) is 14.7 Å². The third kappa shape index (κ3) is 3.25. The zero-order valence-electron chi connectivity index (χ0n) is 13.3.